The van der Waals surface area contributed by atoms with Gasteiger partial charge in [-0.3, -0.25) is 0 Å². The molecule has 0 aromatic heterocycles. The Kier molecular flexibility index (Phi) is 2.79. The Hall–Kier alpha value is -0.340. The summed E-state index contributed by atoms with van der Waals surface area (Å²) in [6, 6.07) is 0. The van der Waals surface area contributed by atoms with Crippen LogP contribution in [-0.4, -0.2) is 11.5 Å². The standard InChI is InChI=1S/C10H10S2/c1-5-11-6-2-9(1)10-3-7-12-8-4-10/h1-5,7H,6,8H2. The van der Waals surface area contributed by atoms with Gasteiger partial charge >= 0.3 is 0 Å². The third kappa shape index (κ3) is 1.87. The van der Waals surface area contributed by atoms with Gasteiger partial charge in [-0.15, -0.1) is 23.5 Å². The monoisotopic (exact) mass is 194 g/mol. The molecule has 2 aliphatic heterocycles. The number of thioether (sulfide) groups is 2. The summed E-state index contributed by atoms with van der Waals surface area (Å²) in [5.41, 5.74) is 2.76. The second-order valence-electron chi connectivity index (χ2n) is 2.59. The lowest BCUT2D eigenvalue weighted by atomic mass is 10.1. The molecule has 0 aromatic rings. The van der Waals surface area contributed by atoms with Gasteiger partial charge in [-0.2, -0.15) is 0 Å². The molecule has 12 heavy (non-hydrogen) atoms. The lowest BCUT2D eigenvalue weighted by Gasteiger charge is -2.10. The van der Waals surface area contributed by atoms with E-state index in [9.17, 15) is 0 Å². The summed E-state index contributed by atoms with van der Waals surface area (Å²) in [5, 5.41) is 4.34. The van der Waals surface area contributed by atoms with Crippen molar-refractivity contribution < 1.29 is 0 Å². The first-order valence-electron chi connectivity index (χ1n) is 3.94. The van der Waals surface area contributed by atoms with Gasteiger partial charge < -0.3 is 0 Å². The predicted molar refractivity (Wildman–Crippen MR) is 59.4 cm³/mol. The molecule has 0 saturated heterocycles. The molecule has 0 bridgehead atoms. The zero-order valence-electron chi connectivity index (χ0n) is 6.69. The number of hydrogen-bond donors (Lipinski definition) is 0. The van der Waals surface area contributed by atoms with Crippen LogP contribution in [0.5, 0.6) is 0 Å². The van der Waals surface area contributed by atoms with Crippen molar-refractivity contribution in [1.29, 1.82) is 0 Å². The first kappa shape index (κ1) is 8.27. The maximum atomic E-state index is 2.29. The van der Waals surface area contributed by atoms with Crippen molar-refractivity contribution in [3.63, 3.8) is 0 Å². The van der Waals surface area contributed by atoms with E-state index in [-0.39, 0.29) is 0 Å². The van der Waals surface area contributed by atoms with Gasteiger partial charge in [0.15, 0.2) is 0 Å². The van der Waals surface area contributed by atoms with Crippen LogP contribution in [0.15, 0.2) is 46.3 Å². The normalized spacial score (nSPS) is 22.0. The highest BCUT2D eigenvalue weighted by Gasteiger charge is 2.03. The van der Waals surface area contributed by atoms with Crippen LogP contribution < -0.4 is 0 Å². The van der Waals surface area contributed by atoms with E-state index >= 15 is 0 Å². The van der Waals surface area contributed by atoms with Crippen molar-refractivity contribution >= 4 is 23.5 Å². The summed E-state index contributed by atoms with van der Waals surface area (Å²) in [6.07, 6.45) is 8.97. The van der Waals surface area contributed by atoms with Crippen molar-refractivity contribution in [3.05, 3.63) is 46.3 Å². The molecular weight excluding hydrogens is 184 g/mol. The fraction of sp³-hybridized carbons (Fsp3) is 0.200. The molecular formula is C10H10S2. The maximum Gasteiger partial charge on any atom is 0.0163 e. The van der Waals surface area contributed by atoms with Crippen molar-refractivity contribution in [2.75, 3.05) is 11.5 Å². The second-order valence-corrected chi connectivity index (χ2v) is 4.47. The number of hydrogen-bond acceptors (Lipinski definition) is 2. The summed E-state index contributed by atoms with van der Waals surface area (Å²) in [5.74, 6) is 2.23. The van der Waals surface area contributed by atoms with Gasteiger partial charge in [0.1, 0.15) is 0 Å². The highest BCUT2D eigenvalue weighted by molar-refractivity contribution is 8.02. The van der Waals surface area contributed by atoms with Crippen LogP contribution in [0, 0.1) is 0 Å². The lowest BCUT2D eigenvalue weighted by Crippen LogP contribution is -1.91. The first-order valence-corrected chi connectivity index (χ1v) is 6.03. The average molecular weight is 194 g/mol. The van der Waals surface area contributed by atoms with Crippen LogP contribution in [0.3, 0.4) is 0 Å². The Morgan fingerprint density at radius 2 is 1.33 bits per heavy atom. The van der Waals surface area contributed by atoms with Crippen molar-refractivity contribution in [1.82, 2.24) is 0 Å². The molecule has 0 saturated carbocycles. The van der Waals surface area contributed by atoms with Crippen LogP contribution in [0.1, 0.15) is 0 Å². The van der Waals surface area contributed by atoms with Gasteiger partial charge in [0.2, 0.25) is 0 Å². The summed E-state index contributed by atoms with van der Waals surface area (Å²) in [6.45, 7) is 0. The molecule has 0 nitrogen and oxygen atoms in total. The average Bonchev–Trinajstić information content (AvgIpc) is 2.21. The van der Waals surface area contributed by atoms with Gasteiger partial charge in [-0.1, -0.05) is 12.2 Å². The molecule has 2 heterocycles. The van der Waals surface area contributed by atoms with Gasteiger partial charge in [0, 0.05) is 11.5 Å². The molecule has 0 unspecified atom stereocenters. The summed E-state index contributed by atoms with van der Waals surface area (Å²) in [4.78, 5) is 0. The van der Waals surface area contributed by atoms with E-state index in [1.807, 2.05) is 23.5 Å². The van der Waals surface area contributed by atoms with Crippen molar-refractivity contribution in [2.45, 2.75) is 0 Å². The van der Waals surface area contributed by atoms with E-state index in [0.717, 1.165) is 11.5 Å². The van der Waals surface area contributed by atoms with E-state index < -0.39 is 0 Å². The first-order chi connectivity index (χ1) is 5.97. The van der Waals surface area contributed by atoms with Crippen LogP contribution in [0.25, 0.3) is 0 Å². The Balaban J connectivity index is 2.18. The summed E-state index contributed by atoms with van der Waals surface area (Å²) in [7, 11) is 0. The minimum Gasteiger partial charge on any atom is -0.130 e. The van der Waals surface area contributed by atoms with Crippen LogP contribution in [0.4, 0.5) is 0 Å². The van der Waals surface area contributed by atoms with Gasteiger partial charge in [-0.25, -0.2) is 0 Å². The van der Waals surface area contributed by atoms with E-state index in [1.54, 1.807) is 0 Å². The molecule has 0 spiro atoms. The quantitative estimate of drug-likeness (QED) is 0.628. The van der Waals surface area contributed by atoms with Crippen LogP contribution >= 0.6 is 23.5 Å². The third-order valence-electron chi connectivity index (χ3n) is 1.82. The van der Waals surface area contributed by atoms with E-state index in [4.69, 9.17) is 0 Å². The van der Waals surface area contributed by atoms with E-state index in [2.05, 4.69) is 35.1 Å². The highest BCUT2D eigenvalue weighted by atomic mass is 32.2. The SMILES string of the molecule is C1=CC(C2=CCSC=C2)=CCS1. The molecule has 0 atom stereocenters. The maximum absolute atomic E-state index is 2.29. The minimum absolute atomic E-state index is 1.12. The molecule has 0 radical (unpaired) electrons. The van der Waals surface area contributed by atoms with Crippen molar-refractivity contribution in [2.24, 2.45) is 0 Å². The molecule has 0 N–H and O–H groups in total. The fourth-order valence-corrected chi connectivity index (χ4v) is 2.45. The number of rotatable bonds is 1. The fourth-order valence-electron chi connectivity index (χ4n) is 1.19. The van der Waals surface area contributed by atoms with Gasteiger partial charge in [-0.05, 0) is 34.1 Å². The lowest BCUT2D eigenvalue weighted by molar-refractivity contribution is 1.47. The molecule has 62 valence electrons. The largest absolute Gasteiger partial charge is 0.130 e. The number of allylic oxidation sites excluding steroid dienone is 4. The molecule has 2 aliphatic rings. The zero-order chi connectivity index (χ0) is 8.23. The summed E-state index contributed by atoms with van der Waals surface area (Å²) >= 11 is 3.70. The third-order valence-corrected chi connectivity index (χ3v) is 3.20. The Morgan fingerprint density at radius 1 is 0.833 bits per heavy atom. The molecule has 0 aromatic carbocycles. The smallest absolute Gasteiger partial charge is 0.0163 e. The van der Waals surface area contributed by atoms with Gasteiger partial charge in [0.25, 0.3) is 0 Å². The van der Waals surface area contributed by atoms with Crippen LogP contribution in [-0.2, 0) is 0 Å². The van der Waals surface area contributed by atoms with E-state index in [0.29, 0.717) is 0 Å². The highest BCUT2D eigenvalue weighted by Crippen LogP contribution is 2.24. The van der Waals surface area contributed by atoms with E-state index in [1.165, 1.54) is 11.1 Å². The zero-order valence-corrected chi connectivity index (χ0v) is 8.33. The van der Waals surface area contributed by atoms with Crippen LogP contribution in [0.2, 0.25) is 0 Å². The Labute approximate surface area is 81.5 Å². The molecule has 0 amide bonds. The Morgan fingerprint density at radius 3 is 1.67 bits per heavy atom. The molecule has 2 rings (SSSR count). The molecule has 0 aliphatic carbocycles. The van der Waals surface area contributed by atoms with Gasteiger partial charge in [0.05, 0.1) is 0 Å². The molecule has 2 heteroatoms. The molecule has 0 fully saturated rings. The summed E-state index contributed by atoms with van der Waals surface area (Å²) < 4.78 is 0. The topological polar surface area (TPSA) is 0 Å². The predicted octanol–water partition coefficient (Wildman–Crippen LogP) is 3.36. The van der Waals surface area contributed by atoms with Crippen molar-refractivity contribution in [3.8, 4) is 0 Å². The second kappa shape index (κ2) is 4.06. The minimum atomic E-state index is 1.12. The Bertz CT molecular complexity index is 252.